The van der Waals surface area contributed by atoms with Gasteiger partial charge < -0.3 is 18.9 Å². The molecule has 0 saturated heterocycles. The first-order valence-corrected chi connectivity index (χ1v) is 14.2. The zero-order valence-corrected chi connectivity index (χ0v) is 24.4. The summed E-state index contributed by atoms with van der Waals surface area (Å²) in [6.45, 7) is 12.1. The zero-order chi connectivity index (χ0) is 27.3. The Morgan fingerprint density at radius 2 is 1.46 bits per heavy atom. The average Bonchev–Trinajstić information content (AvgIpc) is 2.71. The van der Waals surface area contributed by atoms with E-state index in [1.807, 2.05) is 28.1 Å². The van der Waals surface area contributed by atoms with E-state index in [1.54, 1.807) is 20.8 Å². The van der Waals surface area contributed by atoms with Crippen LogP contribution < -0.4 is 0 Å². The summed E-state index contributed by atoms with van der Waals surface area (Å²) in [7, 11) is 1.59. The summed E-state index contributed by atoms with van der Waals surface area (Å²) in [6.07, 6.45) is 4.86. The zero-order valence-electron chi connectivity index (χ0n) is 23.6. The summed E-state index contributed by atoms with van der Waals surface area (Å²) in [4.78, 5) is 35.2. The number of hydrogen-bond acceptors (Lipinski definition) is 7. The number of phosphoric ester groups is 1. The molecule has 0 aliphatic rings. The number of nitrogens with zero attached hydrogens (tertiary/aromatic N) is 1. The van der Waals surface area contributed by atoms with E-state index in [1.165, 1.54) is 6.42 Å². The van der Waals surface area contributed by atoms with Gasteiger partial charge in [0.25, 0.3) is 0 Å². The van der Waals surface area contributed by atoms with Gasteiger partial charge in [-0.2, -0.15) is 0 Å². The summed E-state index contributed by atoms with van der Waals surface area (Å²) in [6, 6.07) is 0. The maximum absolute atomic E-state index is 12.8. The van der Waals surface area contributed by atoms with Crippen LogP contribution in [0, 0.1) is 16.7 Å². The van der Waals surface area contributed by atoms with Crippen molar-refractivity contribution in [3.8, 4) is 0 Å². The van der Waals surface area contributed by atoms with Crippen LogP contribution in [0.4, 0.5) is 0 Å². The lowest BCUT2D eigenvalue weighted by Gasteiger charge is -2.33. The molecule has 10 heteroatoms. The van der Waals surface area contributed by atoms with Gasteiger partial charge >= 0.3 is 19.8 Å². The van der Waals surface area contributed by atoms with E-state index in [4.69, 9.17) is 18.5 Å². The SMILES string of the molecule is CCC(C)(CC(C)(C)C(=O)OCCCCCC(C)C)C(=O)OCCOP(=O)(O)OCC[N+](C)(C)C. The van der Waals surface area contributed by atoms with Gasteiger partial charge in [0.2, 0.25) is 0 Å². The Balaban J connectivity index is 4.56. The molecule has 0 radical (unpaired) electrons. The summed E-state index contributed by atoms with van der Waals surface area (Å²) >= 11 is 0. The topological polar surface area (TPSA) is 108 Å². The molecule has 2 unspecified atom stereocenters. The van der Waals surface area contributed by atoms with E-state index in [0.717, 1.165) is 19.3 Å². The lowest BCUT2D eigenvalue weighted by atomic mass is 9.72. The Morgan fingerprint density at radius 1 is 0.886 bits per heavy atom. The second-order valence-electron chi connectivity index (χ2n) is 11.6. The Bertz CT molecular complexity index is 689. The number of ether oxygens (including phenoxy) is 2. The van der Waals surface area contributed by atoms with Crippen molar-refractivity contribution in [3.05, 3.63) is 0 Å². The minimum Gasteiger partial charge on any atom is -0.465 e. The maximum atomic E-state index is 12.8. The van der Waals surface area contributed by atoms with Gasteiger partial charge in [-0.25, -0.2) is 4.57 Å². The highest BCUT2D eigenvalue weighted by Gasteiger charge is 2.43. The minimum absolute atomic E-state index is 0.0636. The van der Waals surface area contributed by atoms with Crippen molar-refractivity contribution in [1.82, 2.24) is 0 Å². The van der Waals surface area contributed by atoms with Gasteiger partial charge in [-0.15, -0.1) is 0 Å². The summed E-state index contributed by atoms with van der Waals surface area (Å²) < 4.78 is 33.2. The first kappa shape index (κ1) is 34.0. The standard InChI is InChI=1S/C25H50NO8P/c1-10-25(6,20-24(4,5)22(27)31-16-13-11-12-14-21(2)3)23(28)32-18-19-34-35(29,30)33-17-15-26(7,8)9/h21H,10-20H2,1-9H3/p+1. The third-order valence-corrected chi connectivity index (χ3v) is 6.92. The minimum atomic E-state index is -4.22. The van der Waals surface area contributed by atoms with Crippen LogP contribution in [0.3, 0.4) is 0 Å². The van der Waals surface area contributed by atoms with Crippen LogP contribution in [-0.4, -0.2) is 75.4 Å². The number of likely N-dealkylation sites (N-methyl/N-ethyl adjacent to an activating group) is 1. The highest BCUT2D eigenvalue weighted by atomic mass is 31.2. The normalized spacial score (nSPS) is 16.0. The molecule has 9 nitrogen and oxygen atoms in total. The smallest absolute Gasteiger partial charge is 0.465 e. The molecule has 0 amide bonds. The van der Waals surface area contributed by atoms with Gasteiger partial charge in [0.1, 0.15) is 19.8 Å². The molecule has 0 rings (SSSR count). The van der Waals surface area contributed by atoms with Gasteiger partial charge in [0.05, 0.1) is 45.2 Å². The van der Waals surface area contributed by atoms with Gasteiger partial charge in [-0.05, 0) is 46.0 Å². The number of carbonyl (C=O) groups is 2. The largest absolute Gasteiger partial charge is 0.472 e. The lowest BCUT2D eigenvalue weighted by molar-refractivity contribution is -0.870. The van der Waals surface area contributed by atoms with Gasteiger partial charge in [0, 0.05) is 0 Å². The molecule has 0 fully saturated rings. The van der Waals surface area contributed by atoms with Crippen LogP contribution in [0.25, 0.3) is 0 Å². The van der Waals surface area contributed by atoms with Crippen LogP contribution in [0.15, 0.2) is 0 Å². The predicted octanol–water partition coefficient (Wildman–Crippen LogP) is 4.96. The number of esters is 2. The number of rotatable bonds is 19. The Morgan fingerprint density at radius 3 is 2.00 bits per heavy atom. The first-order chi connectivity index (χ1) is 15.9. The fourth-order valence-electron chi connectivity index (χ4n) is 3.51. The summed E-state index contributed by atoms with van der Waals surface area (Å²) in [5, 5.41) is 0. The predicted molar refractivity (Wildman–Crippen MR) is 137 cm³/mol. The number of phosphoric acid groups is 1. The highest BCUT2D eigenvalue weighted by molar-refractivity contribution is 7.47. The molecule has 2 atom stereocenters. The van der Waals surface area contributed by atoms with Crippen molar-refractivity contribution in [1.29, 1.82) is 0 Å². The third kappa shape index (κ3) is 15.7. The number of hydrogen-bond donors (Lipinski definition) is 1. The van der Waals surface area contributed by atoms with Crippen molar-refractivity contribution in [2.45, 2.75) is 80.1 Å². The van der Waals surface area contributed by atoms with Crippen LogP contribution in [0.2, 0.25) is 0 Å². The average molecular weight is 525 g/mol. The van der Waals surface area contributed by atoms with Crippen molar-refractivity contribution in [2.75, 3.05) is 54.1 Å². The Labute approximate surface area is 213 Å². The molecule has 35 heavy (non-hydrogen) atoms. The summed E-state index contributed by atoms with van der Waals surface area (Å²) in [5.41, 5.74) is -1.78. The van der Waals surface area contributed by atoms with E-state index >= 15 is 0 Å². The molecule has 0 spiro atoms. The Hall–Kier alpha value is -0.990. The molecule has 0 bridgehead atoms. The second-order valence-corrected chi connectivity index (χ2v) is 13.1. The van der Waals surface area contributed by atoms with Gasteiger partial charge in [0.15, 0.2) is 0 Å². The van der Waals surface area contributed by atoms with E-state index in [-0.39, 0.29) is 32.2 Å². The molecule has 0 heterocycles. The van der Waals surface area contributed by atoms with Crippen molar-refractivity contribution in [3.63, 3.8) is 0 Å². The fraction of sp³-hybridized carbons (Fsp3) is 0.920. The lowest BCUT2D eigenvalue weighted by Crippen LogP contribution is -2.39. The van der Waals surface area contributed by atoms with Gasteiger partial charge in [-0.1, -0.05) is 40.0 Å². The van der Waals surface area contributed by atoms with Crippen molar-refractivity contribution in [2.24, 2.45) is 16.7 Å². The van der Waals surface area contributed by atoms with E-state index < -0.39 is 24.6 Å². The second kappa shape index (κ2) is 15.3. The summed E-state index contributed by atoms with van der Waals surface area (Å²) in [5.74, 6) is -0.143. The molecule has 0 aromatic heterocycles. The van der Waals surface area contributed by atoms with Crippen LogP contribution in [0.1, 0.15) is 80.1 Å². The maximum Gasteiger partial charge on any atom is 0.472 e. The monoisotopic (exact) mass is 524 g/mol. The number of carbonyl (C=O) groups excluding carboxylic acids is 2. The number of quaternary nitrogens is 1. The quantitative estimate of drug-likeness (QED) is 0.109. The Kier molecular flexibility index (Phi) is 14.9. The van der Waals surface area contributed by atoms with Crippen molar-refractivity contribution >= 4 is 19.8 Å². The molecule has 0 aromatic carbocycles. The van der Waals surface area contributed by atoms with Crippen LogP contribution in [0.5, 0.6) is 0 Å². The van der Waals surface area contributed by atoms with E-state index in [9.17, 15) is 19.0 Å². The molecule has 0 aliphatic heterocycles. The van der Waals surface area contributed by atoms with Crippen molar-refractivity contribution < 1.29 is 42.1 Å². The molecule has 0 aromatic rings. The fourth-order valence-corrected chi connectivity index (χ4v) is 4.20. The molecule has 0 saturated carbocycles. The molecule has 1 N–H and O–H groups in total. The molecule has 0 aliphatic carbocycles. The third-order valence-electron chi connectivity index (χ3n) is 5.90. The van der Waals surface area contributed by atoms with Crippen LogP contribution >= 0.6 is 7.82 Å². The molecular formula is C25H51NO8P+. The van der Waals surface area contributed by atoms with Crippen LogP contribution in [-0.2, 0) is 32.7 Å². The van der Waals surface area contributed by atoms with E-state index in [2.05, 4.69) is 13.8 Å². The number of unbranched alkanes of at least 4 members (excludes halogenated alkanes) is 2. The van der Waals surface area contributed by atoms with Gasteiger partial charge in [-0.3, -0.25) is 18.6 Å². The molecular weight excluding hydrogens is 473 g/mol. The molecule has 208 valence electrons. The van der Waals surface area contributed by atoms with E-state index in [0.29, 0.717) is 30.0 Å². The highest BCUT2D eigenvalue weighted by Crippen LogP contribution is 2.43. The first-order valence-electron chi connectivity index (χ1n) is 12.7.